The molecule has 0 aromatic carbocycles. The van der Waals surface area contributed by atoms with Gasteiger partial charge in [-0.3, -0.25) is 9.59 Å². The maximum absolute atomic E-state index is 13.0. The van der Waals surface area contributed by atoms with E-state index in [4.69, 9.17) is 28.4 Å². The fraction of sp³-hybridized carbons (Fsp3) is 0.818. The molecule has 11 unspecified atom stereocenters. The molecular formula is C55H96O15. The van der Waals surface area contributed by atoms with Crippen LogP contribution in [0.15, 0.2) is 48.6 Å². The predicted molar refractivity (Wildman–Crippen MR) is 270 cm³/mol. The Hall–Kier alpha value is -2.54. The molecule has 0 aromatic heterocycles. The maximum atomic E-state index is 13.0. The summed E-state index contributed by atoms with van der Waals surface area (Å²) < 4.78 is 33.6. The summed E-state index contributed by atoms with van der Waals surface area (Å²) in [6.45, 7) is 2.45. The van der Waals surface area contributed by atoms with Gasteiger partial charge in [-0.25, -0.2) is 0 Å². The average molecular weight is 997 g/mol. The van der Waals surface area contributed by atoms with Crippen LogP contribution < -0.4 is 0 Å². The Morgan fingerprint density at radius 1 is 0.471 bits per heavy atom. The van der Waals surface area contributed by atoms with E-state index < -0.39 is 99.3 Å². The Kier molecular flexibility index (Phi) is 38.0. The highest BCUT2D eigenvalue weighted by atomic mass is 16.7. The van der Waals surface area contributed by atoms with E-state index in [0.29, 0.717) is 12.8 Å². The summed E-state index contributed by atoms with van der Waals surface area (Å²) in [7, 11) is 0. The van der Waals surface area contributed by atoms with E-state index in [1.165, 1.54) is 96.3 Å². The lowest BCUT2D eigenvalue weighted by molar-refractivity contribution is -0.332. The van der Waals surface area contributed by atoms with Crippen LogP contribution in [-0.2, 0) is 38.0 Å². The first kappa shape index (κ1) is 63.6. The summed E-state index contributed by atoms with van der Waals surface area (Å²) >= 11 is 0. The normalized spacial score (nSPS) is 25.7. The van der Waals surface area contributed by atoms with E-state index in [9.17, 15) is 45.3 Å². The van der Waals surface area contributed by atoms with Crippen LogP contribution in [-0.4, -0.2) is 142 Å². The van der Waals surface area contributed by atoms with Crippen molar-refractivity contribution in [3.63, 3.8) is 0 Å². The second-order valence-electron chi connectivity index (χ2n) is 19.0. The van der Waals surface area contributed by atoms with Crippen molar-refractivity contribution in [1.29, 1.82) is 0 Å². The molecule has 2 aliphatic rings. The minimum atomic E-state index is -1.77. The molecule has 0 aliphatic carbocycles. The number of hydrogen-bond acceptors (Lipinski definition) is 15. The number of rotatable bonds is 42. The zero-order valence-corrected chi connectivity index (χ0v) is 43.0. The van der Waals surface area contributed by atoms with Crippen molar-refractivity contribution < 1.29 is 73.8 Å². The van der Waals surface area contributed by atoms with E-state index in [1.54, 1.807) is 0 Å². The third kappa shape index (κ3) is 29.2. The molecule has 70 heavy (non-hydrogen) atoms. The minimum absolute atomic E-state index is 0.129. The molecule has 2 saturated heterocycles. The average Bonchev–Trinajstić information content (AvgIpc) is 3.35. The molecule has 0 radical (unpaired) electrons. The van der Waals surface area contributed by atoms with Crippen LogP contribution in [0.3, 0.4) is 0 Å². The first-order valence-electron chi connectivity index (χ1n) is 27.2. The molecule has 406 valence electrons. The zero-order chi connectivity index (χ0) is 51.0. The van der Waals surface area contributed by atoms with Crippen LogP contribution >= 0.6 is 0 Å². The molecule has 0 aromatic rings. The van der Waals surface area contributed by atoms with E-state index in [-0.39, 0.29) is 19.4 Å². The summed E-state index contributed by atoms with van der Waals surface area (Å²) in [4.78, 5) is 25.8. The van der Waals surface area contributed by atoms with Crippen molar-refractivity contribution in [3.8, 4) is 0 Å². The van der Waals surface area contributed by atoms with Crippen molar-refractivity contribution in [2.24, 2.45) is 0 Å². The van der Waals surface area contributed by atoms with Gasteiger partial charge in [-0.2, -0.15) is 0 Å². The first-order valence-corrected chi connectivity index (χ1v) is 27.2. The van der Waals surface area contributed by atoms with Crippen LogP contribution in [0.1, 0.15) is 194 Å². The molecule has 0 spiro atoms. The van der Waals surface area contributed by atoms with Crippen LogP contribution in [0.5, 0.6) is 0 Å². The van der Waals surface area contributed by atoms with Crippen LogP contribution in [0, 0.1) is 0 Å². The molecule has 2 rings (SSSR count). The van der Waals surface area contributed by atoms with Crippen LogP contribution in [0.2, 0.25) is 0 Å². The number of carbonyl (C=O) groups is 2. The van der Waals surface area contributed by atoms with Gasteiger partial charge in [-0.1, -0.05) is 159 Å². The Morgan fingerprint density at radius 2 is 0.900 bits per heavy atom. The number of ether oxygens (including phenoxy) is 6. The van der Waals surface area contributed by atoms with Gasteiger partial charge < -0.3 is 64.2 Å². The fourth-order valence-electron chi connectivity index (χ4n) is 8.34. The SMILES string of the molecule is CC/C=C\C/C=C\C/C=C\CCCCCC(=O)OC(COC(=O)CCCCCCCCCCC/C=C\CCCCCCCCCC)COC1OC(COC2OC(CO)C(O)C(O)C2O)C(O)C(O)C1O. The van der Waals surface area contributed by atoms with E-state index in [0.717, 1.165) is 57.8 Å². The molecular weight excluding hydrogens is 901 g/mol. The summed E-state index contributed by atoms with van der Waals surface area (Å²) in [5.74, 6) is -0.960. The highest BCUT2D eigenvalue weighted by Crippen LogP contribution is 2.26. The molecule has 2 fully saturated rings. The topological polar surface area (TPSA) is 231 Å². The van der Waals surface area contributed by atoms with Gasteiger partial charge in [0.05, 0.1) is 19.8 Å². The van der Waals surface area contributed by atoms with Crippen molar-refractivity contribution in [2.75, 3.05) is 26.4 Å². The van der Waals surface area contributed by atoms with E-state index >= 15 is 0 Å². The van der Waals surface area contributed by atoms with Gasteiger partial charge in [-0.15, -0.1) is 0 Å². The number of hydrogen-bond donors (Lipinski definition) is 7. The molecule has 11 atom stereocenters. The van der Waals surface area contributed by atoms with Crippen LogP contribution in [0.25, 0.3) is 0 Å². The Morgan fingerprint density at radius 3 is 1.44 bits per heavy atom. The number of allylic oxidation sites excluding steroid dienone is 8. The Bertz CT molecular complexity index is 1400. The molecule has 2 aliphatic heterocycles. The van der Waals surface area contributed by atoms with Crippen LogP contribution in [0.4, 0.5) is 0 Å². The number of carbonyl (C=O) groups excluding carboxylic acids is 2. The number of unbranched alkanes of at least 4 members (excludes halogenated alkanes) is 20. The standard InChI is InChI=1S/C55H96O15/c1-3-5-7-9-11-13-15-17-18-19-20-21-22-23-24-26-27-29-31-33-35-37-46(57)65-40-43(68-47(58)38-36-34-32-30-28-25-16-14-12-10-8-6-4-2)41-66-54-53(64)51(62)49(60)45(70-54)42-67-55-52(63)50(61)48(59)44(39-56)69-55/h6,8,12,14,19-20,25,28,43-45,48-56,59-64H,3-5,7,9-11,13,15-18,21-24,26-27,29-42H2,1-2H3/b8-6-,14-12-,20-19-,28-25-. The molecule has 15 nitrogen and oxygen atoms in total. The van der Waals surface area contributed by atoms with Crippen molar-refractivity contribution in [2.45, 2.75) is 261 Å². The monoisotopic (exact) mass is 997 g/mol. The van der Waals surface area contributed by atoms with Gasteiger partial charge in [0.2, 0.25) is 0 Å². The zero-order valence-electron chi connectivity index (χ0n) is 43.0. The smallest absolute Gasteiger partial charge is 0.306 e. The molecule has 0 bridgehead atoms. The predicted octanol–water partition coefficient (Wildman–Crippen LogP) is 8.27. The lowest BCUT2D eigenvalue weighted by Gasteiger charge is -2.42. The number of aliphatic hydroxyl groups excluding tert-OH is 7. The lowest BCUT2D eigenvalue weighted by Crippen LogP contribution is -2.61. The molecule has 7 N–H and O–H groups in total. The van der Waals surface area contributed by atoms with E-state index in [1.807, 2.05) is 0 Å². The summed E-state index contributed by atoms with van der Waals surface area (Å²) in [6, 6.07) is 0. The minimum Gasteiger partial charge on any atom is -0.462 e. The highest BCUT2D eigenvalue weighted by Gasteiger charge is 2.47. The van der Waals surface area contributed by atoms with Crippen molar-refractivity contribution in [3.05, 3.63) is 48.6 Å². The Balaban J connectivity index is 1.76. The fourth-order valence-corrected chi connectivity index (χ4v) is 8.34. The number of esters is 2. The lowest BCUT2D eigenvalue weighted by atomic mass is 9.98. The van der Waals surface area contributed by atoms with Gasteiger partial charge in [0.1, 0.15) is 55.4 Å². The largest absolute Gasteiger partial charge is 0.462 e. The third-order valence-corrected chi connectivity index (χ3v) is 12.8. The second-order valence-corrected chi connectivity index (χ2v) is 19.0. The third-order valence-electron chi connectivity index (χ3n) is 12.8. The molecule has 0 amide bonds. The van der Waals surface area contributed by atoms with Crippen molar-refractivity contribution in [1.82, 2.24) is 0 Å². The molecule has 15 heteroatoms. The van der Waals surface area contributed by atoms with Gasteiger partial charge in [-0.05, 0) is 70.6 Å². The highest BCUT2D eigenvalue weighted by molar-refractivity contribution is 5.70. The number of aliphatic hydroxyl groups is 7. The maximum Gasteiger partial charge on any atom is 0.306 e. The quantitative estimate of drug-likeness (QED) is 0.0173. The van der Waals surface area contributed by atoms with Gasteiger partial charge in [0, 0.05) is 12.8 Å². The molecule has 2 heterocycles. The molecule has 0 saturated carbocycles. The second kappa shape index (κ2) is 41.9. The van der Waals surface area contributed by atoms with Gasteiger partial charge in [0.15, 0.2) is 18.7 Å². The summed E-state index contributed by atoms with van der Waals surface area (Å²) in [5, 5.41) is 72.1. The van der Waals surface area contributed by atoms with Gasteiger partial charge in [0.25, 0.3) is 0 Å². The first-order chi connectivity index (χ1) is 34.0. The van der Waals surface area contributed by atoms with E-state index in [2.05, 4.69) is 62.5 Å². The van der Waals surface area contributed by atoms with Gasteiger partial charge >= 0.3 is 11.9 Å². The Labute approximate surface area is 420 Å². The van der Waals surface area contributed by atoms with Crippen molar-refractivity contribution >= 4 is 11.9 Å². The summed E-state index contributed by atoms with van der Waals surface area (Å²) in [5.41, 5.74) is 0. The summed E-state index contributed by atoms with van der Waals surface area (Å²) in [6.07, 6.45) is 30.1.